The molecule has 0 radical (unpaired) electrons. The number of anilines is 2. The van der Waals surface area contributed by atoms with E-state index in [2.05, 4.69) is 15.4 Å². The van der Waals surface area contributed by atoms with Crippen LogP contribution >= 0.6 is 23.5 Å². The lowest BCUT2D eigenvalue weighted by molar-refractivity contribution is 0.102. The van der Waals surface area contributed by atoms with Gasteiger partial charge >= 0.3 is 0 Å². The zero-order chi connectivity index (χ0) is 17.4. The molecule has 1 amide bonds. The van der Waals surface area contributed by atoms with Gasteiger partial charge in [-0.25, -0.2) is 17.9 Å². The molecule has 24 heavy (non-hydrogen) atoms. The van der Waals surface area contributed by atoms with Crippen molar-refractivity contribution >= 4 is 40.8 Å². The third-order valence-electron chi connectivity index (χ3n) is 3.27. The molecule has 0 bridgehead atoms. The second-order valence-electron chi connectivity index (χ2n) is 5.12. The summed E-state index contributed by atoms with van der Waals surface area (Å²) < 4.78 is 42.5. The van der Waals surface area contributed by atoms with Crippen LogP contribution in [-0.2, 0) is 0 Å². The maximum absolute atomic E-state index is 13.2. The Hall–Kier alpha value is -1.90. The normalized spacial score (nSPS) is 16.3. The van der Waals surface area contributed by atoms with Gasteiger partial charge in [0, 0.05) is 22.7 Å². The summed E-state index contributed by atoms with van der Waals surface area (Å²) >= 11 is 7.45. The number of carbonyl (C=O) groups excluding carboxylic acids is 1. The number of benzene rings is 2. The van der Waals surface area contributed by atoms with E-state index in [1.807, 2.05) is 6.92 Å². The lowest BCUT2D eigenvalue weighted by Crippen LogP contribution is -2.31. The average molecular weight is 374 g/mol. The van der Waals surface area contributed by atoms with Crippen LogP contribution in [-0.4, -0.2) is 12.1 Å². The molecule has 0 saturated heterocycles. The van der Waals surface area contributed by atoms with E-state index >= 15 is 0 Å². The summed E-state index contributed by atoms with van der Waals surface area (Å²) in [4.78, 5) is 13.1. The molecule has 1 unspecified atom stereocenters. The fourth-order valence-corrected chi connectivity index (χ4v) is 3.18. The van der Waals surface area contributed by atoms with Crippen molar-refractivity contribution in [2.45, 2.75) is 18.0 Å². The van der Waals surface area contributed by atoms with Gasteiger partial charge in [-0.2, -0.15) is 0 Å². The second-order valence-corrected chi connectivity index (χ2v) is 6.41. The third kappa shape index (κ3) is 3.31. The lowest BCUT2D eigenvalue weighted by Gasteiger charge is -2.25. The van der Waals surface area contributed by atoms with E-state index in [0.717, 1.165) is 10.6 Å². The summed E-state index contributed by atoms with van der Waals surface area (Å²) in [5.74, 6) is -5.03. The lowest BCUT2D eigenvalue weighted by atomic mass is 10.1. The number of amides is 1. The van der Waals surface area contributed by atoms with E-state index in [4.69, 9.17) is 11.6 Å². The van der Waals surface area contributed by atoms with Crippen LogP contribution in [0.15, 0.2) is 29.2 Å². The molecule has 2 aromatic carbocycles. The standard InChI is InChI=1S/C15H11ClF3N3OS/c1-6-20-12-5-9(16)8(4-13(12)24-22-6)15(23)21-7-2-10(17)14(19)11(18)3-7/h2-6,20,22H,1H3,(H,21,23). The van der Waals surface area contributed by atoms with Crippen LogP contribution in [0.2, 0.25) is 5.02 Å². The molecular weight excluding hydrogens is 363 g/mol. The van der Waals surface area contributed by atoms with E-state index in [1.165, 1.54) is 11.9 Å². The molecule has 3 N–H and O–H groups in total. The van der Waals surface area contributed by atoms with Crippen LogP contribution < -0.4 is 15.4 Å². The van der Waals surface area contributed by atoms with Gasteiger partial charge in [-0.1, -0.05) is 11.6 Å². The highest BCUT2D eigenvalue weighted by Gasteiger charge is 2.20. The number of fused-ring (bicyclic) bond motifs is 1. The summed E-state index contributed by atoms with van der Waals surface area (Å²) in [5.41, 5.74) is 0.695. The second kappa shape index (κ2) is 6.54. The minimum atomic E-state index is -1.59. The van der Waals surface area contributed by atoms with Crippen molar-refractivity contribution in [1.29, 1.82) is 0 Å². The van der Waals surface area contributed by atoms with Crippen LogP contribution in [0, 0.1) is 17.5 Å². The first-order chi connectivity index (χ1) is 11.3. The molecule has 126 valence electrons. The van der Waals surface area contributed by atoms with E-state index in [-0.39, 0.29) is 22.4 Å². The minimum Gasteiger partial charge on any atom is -0.368 e. The number of nitrogens with one attached hydrogen (secondary N) is 3. The maximum Gasteiger partial charge on any atom is 0.257 e. The van der Waals surface area contributed by atoms with Crippen molar-refractivity contribution in [3.63, 3.8) is 0 Å². The smallest absolute Gasteiger partial charge is 0.257 e. The molecule has 0 aliphatic carbocycles. The van der Waals surface area contributed by atoms with Crippen molar-refractivity contribution < 1.29 is 18.0 Å². The highest BCUT2D eigenvalue weighted by molar-refractivity contribution is 7.97. The Labute approximate surface area is 144 Å². The summed E-state index contributed by atoms with van der Waals surface area (Å²) in [6.45, 7) is 1.92. The molecule has 9 heteroatoms. The molecule has 3 rings (SSSR count). The van der Waals surface area contributed by atoms with Gasteiger partial charge in [0.25, 0.3) is 5.91 Å². The number of carbonyl (C=O) groups is 1. The number of hydrogen-bond acceptors (Lipinski definition) is 4. The number of hydrogen-bond donors (Lipinski definition) is 3. The first kappa shape index (κ1) is 16.9. The van der Waals surface area contributed by atoms with Crippen LogP contribution in [0.4, 0.5) is 24.5 Å². The highest BCUT2D eigenvalue weighted by Crippen LogP contribution is 2.35. The average Bonchev–Trinajstić information content (AvgIpc) is 2.51. The maximum atomic E-state index is 13.2. The first-order valence-electron chi connectivity index (χ1n) is 6.83. The van der Waals surface area contributed by atoms with Gasteiger partial charge in [0.05, 0.1) is 22.4 Å². The Balaban J connectivity index is 1.88. The summed E-state index contributed by atoms with van der Waals surface area (Å²) in [6, 6.07) is 4.55. The van der Waals surface area contributed by atoms with Crippen LogP contribution in [0.5, 0.6) is 0 Å². The molecular formula is C15H11ClF3N3OS. The largest absolute Gasteiger partial charge is 0.368 e. The van der Waals surface area contributed by atoms with E-state index < -0.39 is 23.4 Å². The SMILES string of the molecule is CC1NSc2cc(C(=O)Nc3cc(F)c(F)c(F)c3)c(Cl)cc2N1. The number of rotatable bonds is 2. The van der Waals surface area contributed by atoms with Crippen LogP contribution in [0.25, 0.3) is 0 Å². The van der Waals surface area contributed by atoms with Crippen molar-refractivity contribution in [3.05, 3.63) is 52.3 Å². The minimum absolute atomic E-state index is 0.0309. The first-order valence-corrected chi connectivity index (χ1v) is 8.03. The predicted octanol–water partition coefficient (Wildman–Crippen LogP) is 4.38. The summed E-state index contributed by atoms with van der Waals surface area (Å²) in [5, 5.41) is 5.63. The Bertz CT molecular complexity index is 811. The van der Waals surface area contributed by atoms with E-state index in [1.54, 1.807) is 12.1 Å². The van der Waals surface area contributed by atoms with Crippen molar-refractivity contribution in [1.82, 2.24) is 4.72 Å². The van der Waals surface area contributed by atoms with Gasteiger partial charge in [0.15, 0.2) is 17.5 Å². The van der Waals surface area contributed by atoms with E-state index in [9.17, 15) is 18.0 Å². The predicted molar refractivity (Wildman–Crippen MR) is 87.8 cm³/mol. The Kier molecular flexibility index (Phi) is 4.62. The molecule has 4 nitrogen and oxygen atoms in total. The van der Waals surface area contributed by atoms with Crippen molar-refractivity contribution in [2.24, 2.45) is 0 Å². The molecule has 2 aromatic rings. The molecule has 1 aliphatic heterocycles. The number of halogens is 4. The fourth-order valence-electron chi connectivity index (χ4n) is 2.17. The summed E-state index contributed by atoms with van der Waals surface area (Å²) in [6.07, 6.45) is 0.0309. The van der Waals surface area contributed by atoms with Gasteiger partial charge in [-0.3, -0.25) is 4.79 Å². The van der Waals surface area contributed by atoms with Gasteiger partial charge in [-0.05, 0) is 31.0 Å². The quantitative estimate of drug-likeness (QED) is 0.540. The molecule has 1 atom stereocenters. The van der Waals surface area contributed by atoms with Gasteiger partial charge in [-0.15, -0.1) is 0 Å². The third-order valence-corrected chi connectivity index (χ3v) is 4.62. The van der Waals surface area contributed by atoms with Gasteiger partial charge in [0.2, 0.25) is 0 Å². The molecule has 0 aromatic heterocycles. The Morgan fingerprint density at radius 3 is 2.54 bits per heavy atom. The van der Waals surface area contributed by atoms with Crippen LogP contribution in [0.1, 0.15) is 17.3 Å². The molecule has 0 spiro atoms. The van der Waals surface area contributed by atoms with Gasteiger partial charge < -0.3 is 10.6 Å². The zero-order valence-electron chi connectivity index (χ0n) is 12.2. The van der Waals surface area contributed by atoms with Crippen molar-refractivity contribution in [2.75, 3.05) is 10.6 Å². The molecule has 1 heterocycles. The Morgan fingerprint density at radius 2 is 1.88 bits per heavy atom. The Morgan fingerprint density at radius 1 is 1.21 bits per heavy atom. The van der Waals surface area contributed by atoms with Crippen LogP contribution in [0.3, 0.4) is 0 Å². The summed E-state index contributed by atoms with van der Waals surface area (Å²) in [7, 11) is 0. The highest BCUT2D eigenvalue weighted by atomic mass is 35.5. The monoisotopic (exact) mass is 373 g/mol. The molecule has 1 aliphatic rings. The topological polar surface area (TPSA) is 53.2 Å². The molecule has 0 fully saturated rings. The zero-order valence-corrected chi connectivity index (χ0v) is 13.8. The fraction of sp³-hybridized carbons (Fsp3) is 0.133. The molecule has 0 saturated carbocycles. The van der Waals surface area contributed by atoms with Gasteiger partial charge in [0.1, 0.15) is 0 Å². The van der Waals surface area contributed by atoms with E-state index in [0.29, 0.717) is 12.1 Å². The van der Waals surface area contributed by atoms with Crippen molar-refractivity contribution in [3.8, 4) is 0 Å².